The first-order chi connectivity index (χ1) is 9.31. The van der Waals surface area contributed by atoms with Crippen LogP contribution in [0.2, 0.25) is 0 Å². The third kappa shape index (κ3) is 3.03. The molecule has 108 valence electrons. The number of aryl methyl sites for hydroxylation is 1. The van der Waals surface area contributed by atoms with Crippen molar-refractivity contribution in [2.24, 2.45) is 0 Å². The summed E-state index contributed by atoms with van der Waals surface area (Å²) in [5.41, 5.74) is 0.518. The smallest absolute Gasteiger partial charge is 0.345 e. The minimum atomic E-state index is -3.79. The molecule has 0 fully saturated rings. The van der Waals surface area contributed by atoms with E-state index in [0.29, 0.717) is 10.6 Å². The molecule has 0 aromatic carbocycles. The summed E-state index contributed by atoms with van der Waals surface area (Å²) in [6, 6.07) is 0.628. The van der Waals surface area contributed by atoms with Crippen LogP contribution in [0.1, 0.15) is 33.2 Å². The lowest BCUT2D eigenvalue weighted by atomic mass is 10.3. The molecule has 0 saturated carbocycles. The molecule has 7 nitrogen and oxygen atoms in total. The van der Waals surface area contributed by atoms with Crippen molar-refractivity contribution in [1.82, 2.24) is 14.3 Å². The Kier molecular flexibility index (Phi) is 4.18. The fourth-order valence-corrected chi connectivity index (χ4v) is 4.75. The highest BCUT2D eigenvalue weighted by atomic mass is 32.2. The van der Waals surface area contributed by atoms with Gasteiger partial charge in [-0.25, -0.2) is 17.9 Å². The number of carbonyl (C=O) groups is 1. The number of sulfonamides is 1. The summed E-state index contributed by atoms with van der Waals surface area (Å²) >= 11 is 2.06. The Hall–Kier alpha value is -1.36. The minimum Gasteiger partial charge on any atom is -0.477 e. The van der Waals surface area contributed by atoms with Crippen LogP contribution in [0.5, 0.6) is 0 Å². The molecular weight excluding hydrogens is 322 g/mol. The monoisotopic (exact) mass is 333 g/mol. The van der Waals surface area contributed by atoms with E-state index in [1.54, 1.807) is 19.2 Å². The zero-order chi connectivity index (χ0) is 14.9. The van der Waals surface area contributed by atoms with Crippen molar-refractivity contribution in [3.63, 3.8) is 0 Å². The second kappa shape index (κ2) is 5.56. The van der Waals surface area contributed by atoms with Gasteiger partial charge in [-0.3, -0.25) is 0 Å². The summed E-state index contributed by atoms with van der Waals surface area (Å²) in [5.74, 6) is -1.14. The second-order valence-corrected chi connectivity index (χ2v) is 7.56. The van der Waals surface area contributed by atoms with Crippen molar-refractivity contribution < 1.29 is 18.3 Å². The lowest BCUT2D eigenvalue weighted by molar-refractivity contribution is 0.0702. The fourth-order valence-electron chi connectivity index (χ4n) is 1.55. The molecule has 0 bridgehead atoms. The number of nitrogens with one attached hydrogen (secondary N) is 1. The van der Waals surface area contributed by atoms with Crippen molar-refractivity contribution in [3.8, 4) is 0 Å². The van der Waals surface area contributed by atoms with Gasteiger partial charge in [0.25, 0.3) is 0 Å². The van der Waals surface area contributed by atoms with E-state index in [1.807, 2.05) is 0 Å². The van der Waals surface area contributed by atoms with Crippen molar-refractivity contribution in [3.05, 3.63) is 26.9 Å². The van der Waals surface area contributed by atoms with Crippen molar-refractivity contribution in [2.75, 3.05) is 0 Å². The highest BCUT2D eigenvalue weighted by Crippen LogP contribution is 2.26. The molecule has 1 unspecified atom stereocenters. The standard InChI is InChI=1S/C10H11N3O4S3/c1-5(7-4-18-13-11-7)12-20(16,17)9-3-8(10(14)15)19-6(9)2/h3-5,12H,1-2H3,(H,14,15). The Morgan fingerprint density at radius 1 is 1.50 bits per heavy atom. The van der Waals surface area contributed by atoms with Crippen LogP contribution in [-0.2, 0) is 10.0 Å². The quantitative estimate of drug-likeness (QED) is 0.861. The Bertz CT molecular complexity index is 721. The van der Waals surface area contributed by atoms with Gasteiger partial charge >= 0.3 is 5.97 Å². The number of thiophene rings is 1. The van der Waals surface area contributed by atoms with Gasteiger partial charge in [0.05, 0.1) is 16.6 Å². The number of carboxylic acid groups (broad SMARTS) is 1. The molecule has 2 N–H and O–H groups in total. The van der Waals surface area contributed by atoms with Gasteiger partial charge in [0.15, 0.2) is 0 Å². The van der Waals surface area contributed by atoms with Crippen LogP contribution >= 0.6 is 22.9 Å². The van der Waals surface area contributed by atoms with E-state index in [1.165, 1.54) is 0 Å². The predicted molar refractivity (Wildman–Crippen MR) is 74.7 cm³/mol. The molecule has 1 atom stereocenters. The third-order valence-corrected chi connectivity index (χ3v) is 5.88. The maximum Gasteiger partial charge on any atom is 0.345 e. The number of aromatic nitrogens is 2. The van der Waals surface area contributed by atoms with Crippen LogP contribution in [0.3, 0.4) is 0 Å². The lowest BCUT2D eigenvalue weighted by Crippen LogP contribution is -2.27. The summed E-state index contributed by atoms with van der Waals surface area (Å²) in [6.07, 6.45) is 0. The van der Waals surface area contributed by atoms with Crippen LogP contribution in [-0.4, -0.2) is 29.1 Å². The van der Waals surface area contributed by atoms with Gasteiger partial charge in [0.2, 0.25) is 10.0 Å². The molecule has 0 amide bonds. The van der Waals surface area contributed by atoms with E-state index in [4.69, 9.17) is 5.11 Å². The first kappa shape index (κ1) is 15.0. The molecule has 0 aliphatic rings. The minimum absolute atomic E-state index is 0.00847. The number of rotatable bonds is 5. The van der Waals surface area contributed by atoms with Gasteiger partial charge < -0.3 is 5.11 Å². The summed E-state index contributed by atoms with van der Waals surface area (Å²) in [4.78, 5) is 11.3. The van der Waals surface area contributed by atoms with Crippen molar-refractivity contribution >= 4 is 38.9 Å². The molecule has 0 spiro atoms. The zero-order valence-corrected chi connectivity index (χ0v) is 13.0. The number of carboxylic acids is 1. The molecule has 2 heterocycles. The SMILES string of the molecule is Cc1sc(C(=O)O)cc1S(=O)(=O)NC(C)c1csnn1. The Labute approximate surface area is 123 Å². The van der Waals surface area contributed by atoms with Gasteiger partial charge in [0.1, 0.15) is 4.88 Å². The summed E-state index contributed by atoms with van der Waals surface area (Å²) in [6.45, 7) is 3.22. The van der Waals surface area contributed by atoms with E-state index in [-0.39, 0.29) is 9.77 Å². The van der Waals surface area contributed by atoms with Crippen LogP contribution < -0.4 is 4.72 Å². The fraction of sp³-hybridized carbons (Fsp3) is 0.300. The molecule has 10 heteroatoms. The van der Waals surface area contributed by atoms with Crippen LogP contribution in [0, 0.1) is 6.92 Å². The van der Waals surface area contributed by atoms with E-state index in [9.17, 15) is 13.2 Å². The van der Waals surface area contributed by atoms with E-state index < -0.39 is 22.0 Å². The van der Waals surface area contributed by atoms with Crippen LogP contribution in [0.25, 0.3) is 0 Å². The van der Waals surface area contributed by atoms with Crippen LogP contribution in [0.15, 0.2) is 16.3 Å². The molecule has 0 aliphatic heterocycles. The van der Waals surface area contributed by atoms with E-state index in [0.717, 1.165) is 28.9 Å². The Balaban J connectivity index is 2.29. The highest BCUT2D eigenvalue weighted by Gasteiger charge is 2.25. The van der Waals surface area contributed by atoms with Gasteiger partial charge in [-0.2, -0.15) is 0 Å². The van der Waals surface area contributed by atoms with Crippen molar-refractivity contribution in [2.45, 2.75) is 24.8 Å². The van der Waals surface area contributed by atoms with Gasteiger partial charge in [-0.05, 0) is 31.4 Å². The first-order valence-corrected chi connectivity index (χ1v) is 8.58. The van der Waals surface area contributed by atoms with E-state index >= 15 is 0 Å². The largest absolute Gasteiger partial charge is 0.477 e. The number of nitrogens with zero attached hydrogens (tertiary/aromatic N) is 2. The first-order valence-electron chi connectivity index (χ1n) is 5.44. The van der Waals surface area contributed by atoms with Gasteiger partial charge in [-0.1, -0.05) is 4.49 Å². The number of hydrogen-bond donors (Lipinski definition) is 2. The molecule has 20 heavy (non-hydrogen) atoms. The number of hydrogen-bond acceptors (Lipinski definition) is 7. The molecule has 2 rings (SSSR count). The predicted octanol–water partition coefficient (Wildman–Crippen LogP) is 1.65. The summed E-state index contributed by atoms with van der Waals surface area (Å²) in [5, 5.41) is 14.3. The molecule has 0 aliphatic carbocycles. The average molecular weight is 333 g/mol. The Morgan fingerprint density at radius 2 is 2.20 bits per heavy atom. The average Bonchev–Trinajstić information content (AvgIpc) is 2.96. The number of aromatic carboxylic acids is 1. The zero-order valence-electron chi connectivity index (χ0n) is 10.5. The summed E-state index contributed by atoms with van der Waals surface area (Å²) < 4.78 is 30.6. The highest BCUT2D eigenvalue weighted by molar-refractivity contribution is 7.89. The van der Waals surface area contributed by atoms with Crippen molar-refractivity contribution in [1.29, 1.82) is 0 Å². The third-order valence-electron chi connectivity index (χ3n) is 2.52. The maximum absolute atomic E-state index is 12.3. The maximum atomic E-state index is 12.3. The Morgan fingerprint density at radius 3 is 2.70 bits per heavy atom. The topological polar surface area (TPSA) is 109 Å². The summed E-state index contributed by atoms with van der Waals surface area (Å²) in [7, 11) is -3.79. The van der Waals surface area contributed by atoms with Gasteiger partial charge in [-0.15, -0.1) is 16.4 Å². The van der Waals surface area contributed by atoms with E-state index in [2.05, 4.69) is 14.3 Å². The molecule has 2 aromatic heterocycles. The normalized spacial score (nSPS) is 13.3. The molecule has 0 saturated heterocycles. The lowest BCUT2D eigenvalue weighted by Gasteiger charge is -2.11. The molecule has 0 radical (unpaired) electrons. The molecular formula is C10H11N3O4S3. The van der Waals surface area contributed by atoms with Crippen LogP contribution in [0.4, 0.5) is 0 Å². The molecule has 2 aromatic rings. The van der Waals surface area contributed by atoms with Gasteiger partial charge in [0, 0.05) is 10.3 Å². The second-order valence-electron chi connectivity index (χ2n) is 4.01.